The molecule has 2 aliphatic rings. The van der Waals surface area contributed by atoms with E-state index >= 15 is 0 Å². The molecule has 0 bridgehead atoms. The van der Waals surface area contributed by atoms with Crippen LogP contribution in [-0.4, -0.2) is 4.98 Å². The van der Waals surface area contributed by atoms with Crippen molar-refractivity contribution in [3.05, 3.63) is 351 Å². The number of pyridine rings is 1. The molecule has 16 rings (SSSR count). The van der Waals surface area contributed by atoms with Gasteiger partial charge in [0.2, 0.25) is 0 Å². The molecule has 2 aliphatic heterocycles. The van der Waals surface area contributed by atoms with Gasteiger partial charge in [-0.2, -0.15) is 6.07 Å². The van der Waals surface area contributed by atoms with Gasteiger partial charge in [-0.1, -0.05) is 307 Å². The van der Waals surface area contributed by atoms with Crippen molar-refractivity contribution in [1.82, 2.24) is 4.98 Å². The van der Waals surface area contributed by atoms with E-state index in [2.05, 4.69) is 232 Å². The Morgan fingerprint density at radius 3 is 1.56 bits per heavy atom. The second kappa shape index (κ2) is 26.4. The van der Waals surface area contributed by atoms with E-state index in [1.807, 2.05) is 121 Å². The van der Waals surface area contributed by atoms with E-state index < -0.39 is 25.0 Å². The SMILES string of the molecule is [2H]c1c([2H])c([2H])c(-c2cccc(-c3cc(C(C)(C)C)cc(C(C)(C)C)c3)c2N2[CH-]N(c3[c-]c(N(c4[c-]c5c(cc4)-c4ccccc4-c4cc(-c6ccccc6)ccc4N5c4cc(C([2H])([2H])[2H])c(-c5ccccc5)cn4)c4ccccc4)cc(-c4ccccc4)c3)c3ccc(-c4ccccc4)cc32)c([2H])c1[2H].[Pt]. The monoisotopic (exact) mass is 1460 g/mol. The number of benzene rings is 13. The molecule has 13 aromatic carbocycles. The maximum Gasteiger partial charge on any atom is 0.135 e. The zero-order valence-electron chi connectivity index (χ0n) is 63.8. The minimum atomic E-state index is -2.54. The summed E-state index contributed by atoms with van der Waals surface area (Å²) in [4.78, 5) is 13.8. The molecule has 0 saturated heterocycles. The molecule has 3 heterocycles. The van der Waals surface area contributed by atoms with E-state index in [-0.39, 0.29) is 55.1 Å². The molecular weight excluding hydrogens is 1380 g/mol. The second-order valence-corrected chi connectivity index (χ2v) is 27.1. The van der Waals surface area contributed by atoms with Gasteiger partial charge in [0.1, 0.15) is 5.82 Å². The summed E-state index contributed by atoms with van der Waals surface area (Å²) in [6.07, 6.45) is 1.69. The van der Waals surface area contributed by atoms with Gasteiger partial charge in [0.25, 0.3) is 0 Å². The number of aromatic nitrogens is 1. The van der Waals surface area contributed by atoms with Crippen LogP contribution < -0.4 is 19.6 Å². The van der Waals surface area contributed by atoms with Gasteiger partial charge < -0.3 is 19.6 Å². The van der Waals surface area contributed by atoms with Gasteiger partial charge >= 0.3 is 0 Å². The predicted octanol–water partition coefficient (Wildman–Crippen LogP) is 25.6. The number of hydrogen-bond acceptors (Lipinski definition) is 5. The van der Waals surface area contributed by atoms with Gasteiger partial charge in [-0.3, -0.25) is 0 Å². The van der Waals surface area contributed by atoms with Gasteiger partial charge in [-0.25, -0.2) is 4.98 Å². The fraction of sp³-hybridized carbons (Fsp3) is 0.0968. The Bertz CT molecular complexity index is 5670. The van der Waals surface area contributed by atoms with Crippen LogP contribution in [0.3, 0.4) is 0 Å². The van der Waals surface area contributed by atoms with Crippen LogP contribution in [0.2, 0.25) is 0 Å². The van der Waals surface area contributed by atoms with E-state index in [9.17, 15) is 2.74 Å². The van der Waals surface area contributed by atoms with Crippen molar-refractivity contribution in [2.75, 3.05) is 19.6 Å². The van der Waals surface area contributed by atoms with Crippen LogP contribution >= 0.6 is 0 Å². The Morgan fingerprint density at radius 1 is 0.394 bits per heavy atom. The fourth-order valence-electron chi connectivity index (χ4n) is 13.7. The molecule has 6 heteroatoms. The zero-order valence-corrected chi connectivity index (χ0v) is 58.0. The third-order valence-electron chi connectivity index (χ3n) is 18.7. The summed E-state index contributed by atoms with van der Waals surface area (Å²) in [5.74, 6) is 0.393. The molecule has 5 nitrogen and oxygen atoms in total. The van der Waals surface area contributed by atoms with Gasteiger partial charge in [0.05, 0.1) is 12.5 Å². The van der Waals surface area contributed by atoms with Crippen molar-refractivity contribution < 1.29 is 32.0 Å². The summed E-state index contributed by atoms with van der Waals surface area (Å²) in [5.41, 5.74) is 21.2. The van der Waals surface area contributed by atoms with Crippen LogP contribution in [0.1, 0.15) is 69.2 Å². The number of rotatable bonds is 12. The third kappa shape index (κ3) is 12.3. The van der Waals surface area contributed by atoms with E-state index in [1.54, 1.807) is 12.3 Å². The van der Waals surface area contributed by atoms with E-state index in [0.29, 0.717) is 45.4 Å². The maximum atomic E-state index is 9.66. The van der Waals surface area contributed by atoms with Crippen LogP contribution in [0.5, 0.6) is 0 Å². The first-order chi connectivity index (χ1) is 51.0. The maximum absolute atomic E-state index is 9.66. The number of para-hydroxylation sites is 2. The average molecular weight is 1460 g/mol. The first-order valence-corrected chi connectivity index (χ1v) is 33.2. The van der Waals surface area contributed by atoms with Crippen molar-refractivity contribution in [2.24, 2.45) is 0 Å². The molecule has 99 heavy (non-hydrogen) atoms. The number of hydrogen-bond donors (Lipinski definition) is 0. The van der Waals surface area contributed by atoms with Crippen molar-refractivity contribution in [1.29, 1.82) is 0 Å². The Balaban J connectivity index is 0.00000915. The number of fused-ring (bicyclic) bond motifs is 6. The van der Waals surface area contributed by atoms with Gasteiger partial charge in [-0.15, -0.1) is 53.8 Å². The standard InChI is InChI=1S/C93H74N5.Pt/c1-63-51-90(94-61-85(63)68-37-22-12-23-38-68)98-86-49-45-69(64-29-14-8-15-30-64)56-84(86)82-42-27-26-41-81(82)83-48-47-76(60-88(83)98)97(75-39-24-13-25-40-75)78-55-71(66-33-18-10-19-34-66)54-77(59-78)95-62-96(89-57-70(46-50-87(89)95)65-31-16-9-17-32-65)91-79(67-35-20-11-21-36-67)43-28-44-80(91)72-52-73(92(2,3)4)58-74(53-72)93(5,6)7;/h8-58,61-62H,1-7H3;/q-3;/i1D3,11D,20D,21D,35D,36D;. The molecule has 0 N–H and O–H groups in total. The number of anilines is 10. The smallest absolute Gasteiger partial charge is 0.135 e. The van der Waals surface area contributed by atoms with Crippen LogP contribution in [0.4, 0.5) is 57.0 Å². The Kier molecular flexibility index (Phi) is 14.6. The second-order valence-electron chi connectivity index (χ2n) is 27.1. The predicted molar refractivity (Wildman–Crippen MR) is 412 cm³/mol. The third-order valence-corrected chi connectivity index (χ3v) is 18.7. The van der Waals surface area contributed by atoms with Crippen molar-refractivity contribution in [3.8, 4) is 89.0 Å². The number of nitrogens with zero attached hydrogens (tertiary/aromatic N) is 5. The normalized spacial score (nSPS) is 13.7. The Morgan fingerprint density at radius 2 is 0.939 bits per heavy atom. The molecule has 0 atom stereocenters. The van der Waals surface area contributed by atoms with Gasteiger partial charge in [0, 0.05) is 76.4 Å². The summed E-state index contributed by atoms with van der Waals surface area (Å²) in [7, 11) is 0. The Labute approximate surface area is 609 Å². The molecular formula is C93H74N5Pt-3. The minimum Gasteiger partial charge on any atom is -0.493 e. The molecule has 0 fully saturated rings. The fourth-order valence-corrected chi connectivity index (χ4v) is 13.7. The van der Waals surface area contributed by atoms with E-state index in [4.69, 9.17) is 13.2 Å². The Hall–Kier alpha value is -11.1. The first-order valence-electron chi connectivity index (χ1n) is 37.2. The molecule has 0 unspecified atom stereocenters. The van der Waals surface area contributed by atoms with Crippen LogP contribution in [0.15, 0.2) is 315 Å². The largest absolute Gasteiger partial charge is 0.493 e. The summed E-state index contributed by atoms with van der Waals surface area (Å²) in [6, 6.07) is 101. The topological polar surface area (TPSA) is 25.9 Å². The zero-order chi connectivity index (χ0) is 73.5. The summed E-state index contributed by atoms with van der Waals surface area (Å²) >= 11 is 0. The van der Waals surface area contributed by atoms with Crippen LogP contribution in [0, 0.1) is 25.7 Å². The molecule has 0 radical (unpaired) electrons. The van der Waals surface area contributed by atoms with Crippen LogP contribution in [-0.2, 0) is 31.9 Å². The quantitative estimate of drug-likeness (QED) is 0.114. The van der Waals surface area contributed by atoms with E-state index in [1.165, 1.54) is 0 Å². The average Bonchev–Trinajstić information content (AvgIpc) is 1.64. The van der Waals surface area contributed by atoms with Crippen LogP contribution in [0.25, 0.3) is 89.0 Å². The summed E-state index contributed by atoms with van der Waals surface area (Å²) in [5, 5.41) is 0. The first kappa shape index (κ1) is 55.0. The molecule has 14 aromatic rings. The molecule has 0 amide bonds. The van der Waals surface area contributed by atoms with Crippen molar-refractivity contribution in [3.63, 3.8) is 0 Å². The number of aryl methyl sites for hydroxylation is 1. The van der Waals surface area contributed by atoms with Gasteiger partial charge in [0.15, 0.2) is 0 Å². The van der Waals surface area contributed by atoms with Crippen molar-refractivity contribution >= 4 is 57.0 Å². The molecule has 0 saturated carbocycles. The molecule has 0 spiro atoms. The van der Waals surface area contributed by atoms with E-state index in [0.717, 1.165) is 106 Å². The molecule has 1 aromatic heterocycles. The minimum absolute atomic E-state index is 0. The summed E-state index contributed by atoms with van der Waals surface area (Å²) in [6.45, 7) is 12.8. The molecule has 0 aliphatic carbocycles. The van der Waals surface area contributed by atoms with Crippen molar-refractivity contribution in [2.45, 2.75) is 59.2 Å². The summed E-state index contributed by atoms with van der Waals surface area (Å²) < 4.78 is 73.7. The molecule has 484 valence electrons. The van der Waals surface area contributed by atoms with Gasteiger partial charge in [-0.05, 0) is 127 Å².